The number of amides is 1. The van der Waals surface area contributed by atoms with Crippen LogP contribution in [0.15, 0.2) is 48.8 Å². The van der Waals surface area contributed by atoms with Gasteiger partial charge in [0.15, 0.2) is 0 Å². The Labute approximate surface area is 153 Å². The molecule has 2 aromatic heterocycles. The summed E-state index contributed by atoms with van der Waals surface area (Å²) < 4.78 is 7.29. The number of pyridine rings is 1. The van der Waals surface area contributed by atoms with Crippen molar-refractivity contribution in [3.05, 3.63) is 65.6 Å². The molecule has 0 aliphatic heterocycles. The summed E-state index contributed by atoms with van der Waals surface area (Å²) in [5, 5.41) is 3.02. The zero-order valence-electron chi connectivity index (χ0n) is 14.9. The molecule has 2 heterocycles. The number of rotatable bonds is 5. The molecule has 4 rings (SSSR count). The number of carbonyl (C=O) groups is 1. The molecule has 3 aromatic rings. The van der Waals surface area contributed by atoms with Crippen LogP contribution in [-0.2, 0) is 17.8 Å². The number of aromatic nitrogens is 2. The molecule has 5 heteroatoms. The van der Waals surface area contributed by atoms with Gasteiger partial charge in [0.05, 0.1) is 19.3 Å². The number of fused-ring (bicyclic) bond motifs is 2. The second-order valence-electron chi connectivity index (χ2n) is 6.83. The van der Waals surface area contributed by atoms with Crippen LogP contribution in [0.2, 0.25) is 0 Å². The summed E-state index contributed by atoms with van der Waals surface area (Å²) in [4.78, 5) is 17.0. The van der Waals surface area contributed by atoms with Crippen LogP contribution >= 0.6 is 0 Å². The Kier molecular flexibility index (Phi) is 4.61. The first kappa shape index (κ1) is 16.6. The van der Waals surface area contributed by atoms with E-state index in [-0.39, 0.29) is 11.8 Å². The quantitative estimate of drug-likeness (QED) is 0.767. The molecule has 1 aliphatic rings. The number of nitrogens with one attached hydrogen (secondary N) is 1. The Morgan fingerprint density at radius 1 is 1.35 bits per heavy atom. The second kappa shape index (κ2) is 7.20. The van der Waals surface area contributed by atoms with Crippen LogP contribution in [0.25, 0.3) is 5.65 Å². The summed E-state index contributed by atoms with van der Waals surface area (Å²) in [7, 11) is 1.69. The third-order valence-electron chi connectivity index (χ3n) is 5.10. The molecule has 134 valence electrons. The maximum atomic E-state index is 12.5. The molecule has 1 amide bonds. The molecule has 0 bridgehead atoms. The van der Waals surface area contributed by atoms with Gasteiger partial charge >= 0.3 is 0 Å². The Balaban J connectivity index is 1.39. The zero-order valence-corrected chi connectivity index (χ0v) is 14.9. The van der Waals surface area contributed by atoms with Gasteiger partial charge in [-0.3, -0.25) is 4.79 Å². The number of aryl methyl sites for hydroxylation is 1. The van der Waals surface area contributed by atoms with Crippen molar-refractivity contribution in [1.82, 2.24) is 14.7 Å². The van der Waals surface area contributed by atoms with Gasteiger partial charge < -0.3 is 14.5 Å². The van der Waals surface area contributed by atoms with Crippen molar-refractivity contribution in [1.29, 1.82) is 0 Å². The molecule has 1 N–H and O–H groups in total. The minimum Gasteiger partial charge on any atom is -0.497 e. The van der Waals surface area contributed by atoms with E-state index in [9.17, 15) is 4.79 Å². The first-order valence-corrected chi connectivity index (χ1v) is 9.09. The van der Waals surface area contributed by atoms with Crippen LogP contribution in [0, 0.1) is 0 Å². The van der Waals surface area contributed by atoms with Crippen LogP contribution in [0.5, 0.6) is 5.75 Å². The van der Waals surface area contributed by atoms with E-state index in [1.165, 1.54) is 11.1 Å². The number of ether oxygens (including phenoxy) is 1. The predicted octanol–water partition coefficient (Wildman–Crippen LogP) is 3.47. The molecular weight excluding hydrogens is 326 g/mol. The van der Waals surface area contributed by atoms with Crippen molar-refractivity contribution in [3.63, 3.8) is 0 Å². The Morgan fingerprint density at radius 2 is 2.27 bits per heavy atom. The van der Waals surface area contributed by atoms with Crippen molar-refractivity contribution < 1.29 is 9.53 Å². The summed E-state index contributed by atoms with van der Waals surface area (Å²) in [6.45, 7) is 0.461. The van der Waals surface area contributed by atoms with Gasteiger partial charge in [0.2, 0.25) is 5.91 Å². The number of hydrogen-bond acceptors (Lipinski definition) is 3. The van der Waals surface area contributed by atoms with Crippen LogP contribution < -0.4 is 10.1 Å². The van der Waals surface area contributed by atoms with Crippen LogP contribution in [0.4, 0.5) is 0 Å². The SMILES string of the molecule is COc1ccc2c(c1)CCCC2CC(=O)NCc1cn2ccccc2n1. The molecule has 1 aliphatic carbocycles. The van der Waals surface area contributed by atoms with Crippen molar-refractivity contribution >= 4 is 11.6 Å². The number of nitrogens with zero attached hydrogens (tertiary/aromatic N) is 2. The lowest BCUT2D eigenvalue weighted by Crippen LogP contribution is -2.26. The van der Waals surface area contributed by atoms with E-state index < -0.39 is 0 Å². The van der Waals surface area contributed by atoms with Gasteiger partial charge in [-0.25, -0.2) is 4.98 Å². The summed E-state index contributed by atoms with van der Waals surface area (Å²) >= 11 is 0. The van der Waals surface area contributed by atoms with Crippen LogP contribution in [0.3, 0.4) is 0 Å². The average Bonchev–Trinajstić information content (AvgIpc) is 3.09. The van der Waals surface area contributed by atoms with E-state index in [1.807, 2.05) is 41.1 Å². The first-order chi connectivity index (χ1) is 12.7. The highest BCUT2D eigenvalue weighted by atomic mass is 16.5. The maximum Gasteiger partial charge on any atom is 0.220 e. The Hall–Kier alpha value is -2.82. The summed E-state index contributed by atoms with van der Waals surface area (Å²) in [6.07, 6.45) is 7.67. The van der Waals surface area contributed by atoms with Gasteiger partial charge in [0, 0.05) is 18.8 Å². The minimum absolute atomic E-state index is 0.0794. The van der Waals surface area contributed by atoms with E-state index in [1.54, 1.807) is 7.11 Å². The third-order valence-corrected chi connectivity index (χ3v) is 5.10. The molecule has 5 nitrogen and oxygen atoms in total. The number of hydrogen-bond donors (Lipinski definition) is 1. The highest BCUT2D eigenvalue weighted by molar-refractivity contribution is 5.77. The normalized spacial score (nSPS) is 16.3. The third kappa shape index (κ3) is 3.43. The predicted molar refractivity (Wildman–Crippen MR) is 100 cm³/mol. The molecule has 0 saturated carbocycles. The number of imidazole rings is 1. The molecule has 1 unspecified atom stereocenters. The molecule has 0 fully saturated rings. The highest BCUT2D eigenvalue weighted by Crippen LogP contribution is 2.35. The molecular formula is C21H23N3O2. The maximum absolute atomic E-state index is 12.5. The Morgan fingerprint density at radius 3 is 3.12 bits per heavy atom. The molecule has 0 radical (unpaired) electrons. The van der Waals surface area contributed by atoms with Crippen molar-refractivity contribution in [2.45, 2.75) is 38.1 Å². The number of methoxy groups -OCH3 is 1. The average molecular weight is 349 g/mol. The second-order valence-corrected chi connectivity index (χ2v) is 6.83. The molecule has 1 aromatic carbocycles. The Bertz CT molecular complexity index is 899. The van der Waals surface area contributed by atoms with E-state index in [2.05, 4.69) is 22.4 Å². The van der Waals surface area contributed by atoms with Gasteiger partial charge in [-0.1, -0.05) is 12.1 Å². The summed E-state index contributed by atoms with van der Waals surface area (Å²) in [5.74, 6) is 1.25. The lowest BCUT2D eigenvalue weighted by molar-refractivity contribution is -0.121. The lowest BCUT2D eigenvalue weighted by atomic mass is 9.81. The zero-order chi connectivity index (χ0) is 17.9. The van der Waals surface area contributed by atoms with Crippen molar-refractivity contribution in [2.24, 2.45) is 0 Å². The van der Waals surface area contributed by atoms with Crippen molar-refractivity contribution in [2.75, 3.05) is 7.11 Å². The largest absolute Gasteiger partial charge is 0.497 e. The summed E-state index contributed by atoms with van der Waals surface area (Å²) in [6, 6.07) is 12.1. The van der Waals surface area contributed by atoms with Gasteiger partial charge in [-0.05, 0) is 60.6 Å². The van der Waals surface area contributed by atoms with Gasteiger partial charge in [0.1, 0.15) is 11.4 Å². The number of benzene rings is 1. The van der Waals surface area contributed by atoms with E-state index in [0.29, 0.717) is 13.0 Å². The van der Waals surface area contributed by atoms with Crippen LogP contribution in [-0.4, -0.2) is 22.4 Å². The van der Waals surface area contributed by atoms with Crippen molar-refractivity contribution in [3.8, 4) is 5.75 Å². The van der Waals surface area contributed by atoms with Gasteiger partial charge in [0.25, 0.3) is 0 Å². The fraction of sp³-hybridized carbons (Fsp3) is 0.333. The highest BCUT2D eigenvalue weighted by Gasteiger charge is 2.23. The molecule has 0 saturated heterocycles. The van der Waals surface area contributed by atoms with E-state index in [4.69, 9.17) is 4.74 Å². The monoisotopic (exact) mass is 349 g/mol. The van der Waals surface area contributed by atoms with E-state index >= 15 is 0 Å². The lowest BCUT2D eigenvalue weighted by Gasteiger charge is -2.25. The fourth-order valence-corrected chi connectivity index (χ4v) is 3.79. The smallest absolute Gasteiger partial charge is 0.220 e. The molecule has 1 atom stereocenters. The molecule has 26 heavy (non-hydrogen) atoms. The standard InChI is InChI=1S/C21H23N3O2/c1-26-18-8-9-19-15(11-18)5-4-6-16(19)12-21(25)22-13-17-14-24-10-3-2-7-20(24)23-17/h2-3,7-11,14,16H,4-6,12-13H2,1H3,(H,22,25). The van der Waals surface area contributed by atoms with Crippen LogP contribution in [0.1, 0.15) is 42.0 Å². The van der Waals surface area contributed by atoms with Gasteiger partial charge in [-0.15, -0.1) is 0 Å². The minimum atomic E-state index is 0.0794. The summed E-state index contributed by atoms with van der Waals surface area (Å²) in [5.41, 5.74) is 4.37. The fourth-order valence-electron chi connectivity index (χ4n) is 3.79. The number of carbonyl (C=O) groups excluding carboxylic acids is 1. The van der Waals surface area contributed by atoms with E-state index in [0.717, 1.165) is 36.4 Å². The first-order valence-electron chi connectivity index (χ1n) is 9.09. The molecule has 0 spiro atoms. The topological polar surface area (TPSA) is 55.6 Å². The van der Waals surface area contributed by atoms with Gasteiger partial charge in [-0.2, -0.15) is 0 Å².